The van der Waals surface area contributed by atoms with E-state index in [1.807, 2.05) is 171 Å². The minimum Gasteiger partial charge on any atom is -0.263 e. The van der Waals surface area contributed by atoms with Gasteiger partial charge in [-0.15, -0.1) is 0 Å². The molecule has 0 aliphatic carbocycles. The van der Waals surface area contributed by atoms with Crippen LogP contribution in [0.1, 0.15) is 45.0 Å². The molecule has 62 heavy (non-hydrogen) atoms. The summed E-state index contributed by atoms with van der Waals surface area (Å²) in [5.41, 5.74) is 15.1. The first kappa shape index (κ1) is 39.0. The summed E-state index contributed by atoms with van der Waals surface area (Å²) in [5, 5.41) is 0. The summed E-state index contributed by atoms with van der Waals surface area (Å²) in [6.07, 6.45) is 31.1. The van der Waals surface area contributed by atoms with Crippen molar-refractivity contribution in [3.05, 3.63) is 240 Å². The molecule has 0 radical (unpaired) electrons. The Hall–Kier alpha value is -8.48. The maximum Gasteiger partial charge on any atom is 0.0894 e. The minimum atomic E-state index is 0.694. The zero-order chi connectivity index (χ0) is 41.8. The molecule has 5 heterocycles. The van der Waals surface area contributed by atoms with Crippen molar-refractivity contribution in [3.63, 3.8) is 0 Å². The molecule has 9 rings (SSSR count). The van der Waals surface area contributed by atoms with Crippen LogP contribution in [0.3, 0.4) is 0 Å². The smallest absolute Gasteiger partial charge is 0.0894 e. The number of hydrogen-bond donors (Lipinski definition) is 0. The van der Waals surface area contributed by atoms with E-state index in [0.29, 0.717) is 22.8 Å². The number of benzene rings is 4. The lowest BCUT2D eigenvalue weighted by Crippen LogP contribution is -2.00. The van der Waals surface area contributed by atoms with Gasteiger partial charge >= 0.3 is 0 Å². The minimum absolute atomic E-state index is 0.694. The largest absolute Gasteiger partial charge is 0.263 e. The molecular formula is C56H40N6. The topological polar surface area (TPSA) is 77.3 Å². The van der Waals surface area contributed by atoms with Crippen molar-refractivity contribution >= 4 is 48.6 Å². The molecule has 0 aliphatic heterocycles. The summed E-state index contributed by atoms with van der Waals surface area (Å²) in [4.78, 5) is 28.9. The Labute approximate surface area is 361 Å². The Morgan fingerprint density at radius 2 is 0.452 bits per heavy atom. The molecule has 294 valence electrons. The summed E-state index contributed by atoms with van der Waals surface area (Å²) >= 11 is 0. The van der Waals surface area contributed by atoms with Crippen LogP contribution in [0.25, 0.3) is 93.1 Å². The van der Waals surface area contributed by atoms with Gasteiger partial charge in [0.1, 0.15) is 0 Å². The molecule has 0 amide bonds. The number of pyridine rings is 4. The maximum atomic E-state index is 5.31. The second-order valence-electron chi connectivity index (χ2n) is 14.6. The molecule has 9 aromatic rings. The molecule has 0 atom stereocenters. The van der Waals surface area contributed by atoms with Gasteiger partial charge in [-0.2, -0.15) is 0 Å². The Bertz CT molecular complexity index is 2640. The zero-order valence-electron chi connectivity index (χ0n) is 33.8. The lowest BCUT2D eigenvalue weighted by molar-refractivity contribution is 1.12. The van der Waals surface area contributed by atoms with Gasteiger partial charge in [-0.1, -0.05) is 146 Å². The van der Waals surface area contributed by atoms with Crippen LogP contribution in [-0.2, 0) is 0 Å². The zero-order valence-corrected chi connectivity index (χ0v) is 33.8. The van der Waals surface area contributed by atoms with E-state index < -0.39 is 0 Å². The second-order valence-corrected chi connectivity index (χ2v) is 14.6. The molecule has 6 heteroatoms. The van der Waals surface area contributed by atoms with Gasteiger partial charge in [0.05, 0.1) is 22.8 Å². The third kappa shape index (κ3) is 9.85. The molecule has 0 unspecified atom stereocenters. The fourth-order valence-corrected chi connectivity index (χ4v) is 7.03. The highest BCUT2D eigenvalue weighted by Gasteiger charge is 2.10. The van der Waals surface area contributed by atoms with E-state index in [1.54, 1.807) is 0 Å². The van der Waals surface area contributed by atoms with Gasteiger partial charge in [-0.3, -0.25) is 19.9 Å². The molecule has 0 spiro atoms. The monoisotopic (exact) mass is 796 g/mol. The molecule has 0 saturated heterocycles. The van der Waals surface area contributed by atoms with Crippen molar-refractivity contribution in [2.75, 3.05) is 0 Å². The first-order valence-electron chi connectivity index (χ1n) is 20.4. The lowest BCUT2D eigenvalue weighted by atomic mass is 10.0. The highest BCUT2D eigenvalue weighted by Crippen LogP contribution is 2.26. The number of hydrogen-bond acceptors (Lipinski definition) is 6. The first-order valence-corrected chi connectivity index (χ1v) is 20.4. The molecule has 0 fully saturated rings. The summed E-state index contributed by atoms with van der Waals surface area (Å²) < 4.78 is 0. The van der Waals surface area contributed by atoms with E-state index in [4.69, 9.17) is 9.97 Å². The van der Waals surface area contributed by atoms with E-state index in [9.17, 15) is 0 Å². The van der Waals surface area contributed by atoms with E-state index in [-0.39, 0.29) is 0 Å². The summed E-state index contributed by atoms with van der Waals surface area (Å²) in [5.74, 6) is 0. The Morgan fingerprint density at radius 3 is 0.677 bits per heavy atom. The Kier molecular flexibility index (Phi) is 12.0. The summed E-state index contributed by atoms with van der Waals surface area (Å²) in [6.45, 7) is 0. The average Bonchev–Trinajstić information content (AvgIpc) is 3.35. The van der Waals surface area contributed by atoms with Crippen molar-refractivity contribution in [1.29, 1.82) is 0 Å². The standard InChI is InChI=1S/C56H40N6/c1-5-13-45(14-6-1)49-29-41(33-57-37-49)21-25-53-54(26-22-42-30-50(38-58-34-42)46-15-7-2-8-16-46)62-56(28-24-44-32-52(40-60-36-44)48-19-11-4-12-20-48)55(61-53)27-23-43-31-51(39-59-35-43)47-17-9-3-10-18-47/h1-40H. The molecule has 0 bridgehead atoms. The van der Waals surface area contributed by atoms with E-state index in [1.165, 1.54) is 0 Å². The van der Waals surface area contributed by atoms with Gasteiger partial charge in [0, 0.05) is 71.8 Å². The highest BCUT2D eigenvalue weighted by atomic mass is 14.8. The average molecular weight is 797 g/mol. The fraction of sp³-hybridized carbons (Fsp3) is 0. The van der Waals surface area contributed by atoms with Crippen LogP contribution in [0.5, 0.6) is 0 Å². The molecule has 6 nitrogen and oxygen atoms in total. The number of rotatable bonds is 12. The van der Waals surface area contributed by atoms with Crippen LogP contribution in [0, 0.1) is 0 Å². The summed E-state index contributed by atoms with van der Waals surface area (Å²) in [7, 11) is 0. The van der Waals surface area contributed by atoms with Gasteiger partial charge in [-0.05, 0) is 93.1 Å². The molecule has 4 aromatic carbocycles. The maximum absolute atomic E-state index is 5.31. The van der Waals surface area contributed by atoms with Crippen molar-refractivity contribution in [2.45, 2.75) is 0 Å². The van der Waals surface area contributed by atoms with Gasteiger partial charge in [-0.25, -0.2) is 9.97 Å². The lowest BCUT2D eigenvalue weighted by Gasteiger charge is -2.08. The first-order chi connectivity index (χ1) is 30.7. The third-order valence-corrected chi connectivity index (χ3v) is 10.2. The molecule has 0 N–H and O–H groups in total. The van der Waals surface area contributed by atoms with Crippen LogP contribution in [0.4, 0.5) is 0 Å². The normalized spacial score (nSPS) is 11.6. The highest BCUT2D eigenvalue weighted by molar-refractivity contribution is 5.83. The molecule has 5 aromatic heterocycles. The number of nitrogens with zero attached hydrogens (tertiary/aromatic N) is 6. The van der Waals surface area contributed by atoms with Crippen LogP contribution in [-0.4, -0.2) is 29.9 Å². The molecular weight excluding hydrogens is 757 g/mol. The van der Waals surface area contributed by atoms with Crippen molar-refractivity contribution in [3.8, 4) is 44.5 Å². The fourth-order valence-electron chi connectivity index (χ4n) is 7.03. The third-order valence-electron chi connectivity index (χ3n) is 10.2. The van der Waals surface area contributed by atoms with E-state index in [0.717, 1.165) is 66.8 Å². The Balaban J connectivity index is 1.15. The number of aromatic nitrogens is 6. The van der Waals surface area contributed by atoms with Gasteiger partial charge < -0.3 is 0 Å². The molecule has 0 aliphatic rings. The van der Waals surface area contributed by atoms with Crippen LogP contribution in [0.15, 0.2) is 195 Å². The van der Waals surface area contributed by atoms with Gasteiger partial charge in [0.25, 0.3) is 0 Å². The van der Waals surface area contributed by atoms with Gasteiger partial charge in [0.2, 0.25) is 0 Å². The van der Waals surface area contributed by atoms with E-state index >= 15 is 0 Å². The quantitative estimate of drug-likeness (QED) is 0.123. The SMILES string of the molecule is C(=Cc1nc(C=Cc2cncc(-c3ccccc3)c2)c(C=Cc2cncc(-c3ccccc3)c2)nc1C=Cc1cncc(-c2ccccc2)c1)c1cncc(-c2ccccc2)c1. The van der Waals surface area contributed by atoms with Crippen LogP contribution in [0.2, 0.25) is 0 Å². The van der Waals surface area contributed by atoms with Crippen molar-refractivity contribution < 1.29 is 0 Å². The van der Waals surface area contributed by atoms with Crippen molar-refractivity contribution in [2.24, 2.45) is 0 Å². The predicted octanol–water partition coefficient (Wildman–Crippen LogP) is 13.4. The van der Waals surface area contributed by atoms with Crippen LogP contribution >= 0.6 is 0 Å². The van der Waals surface area contributed by atoms with E-state index in [2.05, 4.69) is 92.7 Å². The van der Waals surface area contributed by atoms with Crippen molar-refractivity contribution in [1.82, 2.24) is 29.9 Å². The second kappa shape index (κ2) is 19.1. The summed E-state index contributed by atoms with van der Waals surface area (Å²) in [6, 6.07) is 49.6. The predicted molar refractivity (Wildman–Crippen MR) is 256 cm³/mol. The molecule has 0 saturated carbocycles. The Morgan fingerprint density at radius 1 is 0.226 bits per heavy atom. The van der Waals surface area contributed by atoms with Gasteiger partial charge in [0.15, 0.2) is 0 Å². The van der Waals surface area contributed by atoms with Crippen LogP contribution < -0.4 is 0 Å².